The normalized spacial score (nSPS) is 19.1. The minimum Gasteiger partial charge on any atom is -0.355 e. The standard InChI is InChI=1S/C23H27N3O3S/c1-17(11-12-18-7-3-2-4-8-18)24-23(27)19-13-15-26(16-14-19)22-20-9-5-6-10-21(20)30(28,29)25-22/h2-10,17,19H,11-16H2,1H3,(H,24,27)/t17-/m0/s1. The number of piperidine rings is 1. The van der Waals surface area contributed by atoms with Gasteiger partial charge in [-0.25, -0.2) is 0 Å². The number of sulfonamides is 1. The summed E-state index contributed by atoms with van der Waals surface area (Å²) >= 11 is 0. The fourth-order valence-electron chi connectivity index (χ4n) is 4.13. The van der Waals surface area contributed by atoms with E-state index in [9.17, 15) is 13.2 Å². The summed E-state index contributed by atoms with van der Waals surface area (Å²) in [4.78, 5) is 15.0. The summed E-state index contributed by atoms with van der Waals surface area (Å²) in [5, 5.41) is 3.15. The van der Waals surface area contributed by atoms with Gasteiger partial charge in [-0.3, -0.25) is 4.79 Å². The number of amidine groups is 1. The first-order valence-electron chi connectivity index (χ1n) is 10.5. The van der Waals surface area contributed by atoms with E-state index in [-0.39, 0.29) is 22.8 Å². The topological polar surface area (TPSA) is 78.8 Å². The van der Waals surface area contributed by atoms with Crippen LogP contribution in [0.15, 0.2) is 63.9 Å². The predicted molar refractivity (Wildman–Crippen MR) is 117 cm³/mol. The third-order valence-electron chi connectivity index (χ3n) is 5.88. The van der Waals surface area contributed by atoms with E-state index in [0.717, 1.165) is 12.8 Å². The first kappa shape index (κ1) is 20.6. The summed E-state index contributed by atoms with van der Waals surface area (Å²) in [6.07, 6.45) is 3.23. The number of nitrogens with zero attached hydrogens (tertiary/aromatic N) is 2. The molecule has 2 aromatic rings. The van der Waals surface area contributed by atoms with E-state index in [0.29, 0.717) is 37.3 Å². The summed E-state index contributed by atoms with van der Waals surface area (Å²) in [5.41, 5.74) is 1.94. The van der Waals surface area contributed by atoms with Crippen molar-refractivity contribution in [3.63, 3.8) is 0 Å². The molecule has 1 N–H and O–H groups in total. The highest BCUT2D eigenvalue weighted by Crippen LogP contribution is 2.29. The molecule has 6 nitrogen and oxygen atoms in total. The smallest absolute Gasteiger partial charge is 0.285 e. The van der Waals surface area contributed by atoms with Crippen molar-refractivity contribution >= 4 is 21.8 Å². The molecule has 30 heavy (non-hydrogen) atoms. The van der Waals surface area contributed by atoms with E-state index < -0.39 is 10.0 Å². The Hall–Kier alpha value is -2.67. The molecule has 0 spiro atoms. The van der Waals surface area contributed by atoms with Crippen molar-refractivity contribution in [2.24, 2.45) is 10.3 Å². The molecular formula is C23H27N3O3S. The molecule has 2 aromatic carbocycles. The molecule has 0 saturated carbocycles. The number of carbonyl (C=O) groups excluding carboxylic acids is 1. The number of aryl methyl sites for hydroxylation is 1. The highest BCUT2D eigenvalue weighted by Gasteiger charge is 2.34. The van der Waals surface area contributed by atoms with Gasteiger partial charge in [-0.1, -0.05) is 42.5 Å². The molecule has 0 aliphatic carbocycles. The Balaban J connectivity index is 1.30. The first-order valence-corrected chi connectivity index (χ1v) is 11.9. The van der Waals surface area contributed by atoms with Gasteiger partial charge in [0.2, 0.25) is 5.91 Å². The molecule has 2 heterocycles. The molecule has 2 aliphatic rings. The van der Waals surface area contributed by atoms with Gasteiger partial charge in [-0.2, -0.15) is 8.42 Å². The van der Waals surface area contributed by atoms with Crippen molar-refractivity contribution in [3.05, 3.63) is 65.7 Å². The van der Waals surface area contributed by atoms with Gasteiger partial charge in [0.05, 0.1) is 0 Å². The van der Waals surface area contributed by atoms with Crippen LogP contribution < -0.4 is 5.32 Å². The van der Waals surface area contributed by atoms with E-state index in [4.69, 9.17) is 0 Å². The number of hydrogen-bond donors (Lipinski definition) is 1. The fourth-order valence-corrected chi connectivity index (χ4v) is 5.36. The Labute approximate surface area is 178 Å². The maximum atomic E-state index is 12.7. The molecule has 0 radical (unpaired) electrons. The highest BCUT2D eigenvalue weighted by atomic mass is 32.2. The number of likely N-dealkylation sites (tertiary alicyclic amines) is 1. The highest BCUT2D eigenvalue weighted by molar-refractivity contribution is 7.90. The van der Waals surface area contributed by atoms with Crippen LogP contribution in [0.5, 0.6) is 0 Å². The van der Waals surface area contributed by atoms with E-state index in [2.05, 4.69) is 21.8 Å². The molecular weight excluding hydrogens is 398 g/mol. The fraction of sp³-hybridized carbons (Fsp3) is 0.391. The van der Waals surface area contributed by atoms with Crippen LogP contribution in [0.2, 0.25) is 0 Å². The molecule has 0 unspecified atom stereocenters. The second-order valence-electron chi connectivity index (χ2n) is 8.08. The monoisotopic (exact) mass is 425 g/mol. The lowest BCUT2D eigenvalue weighted by Crippen LogP contribution is -2.44. The quantitative estimate of drug-likeness (QED) is 0.799. The lowest BCUT2D eigenvalue weighted by molar-refractivity contribution is -0.126. The molecule has 158 valence electrons. The second-order valence-corrected chi connectivity index (χ2v) is 9.65. The van der Waals surface area contributed by atoms with Crippen LogP contribution in [0, 0.1) is 5.92 Å². The van der Waals surface area contributed by atoms with Crippen molar-refractivity contribution in [1.82, 2.24) is 10.2 Å². The Morgan fingerprint density at radius 1 is 1.10 bits per heavy atom. The predicted octanol–water partition coefficient (Wildman–Crippen LogP) is 2.99. The second kappa shape index (κ2) is 8.60. The minimum atomic E-state index is -3.61. The Morgan fingerprint density at radius 3 is 2.50 bits per heavy atom. The SMILES string of the molecule is C[C@@H](CCc1ccccc1)NC(=O)C1CCN(C2=NS(=O)(=O)c3ccccc32)CC1. The number of amides is 1. The van der Waals surface area contributed by atoms with Crippen molar-refractivity contribution < 1.29 is 13.2 Å². The van der Waals surface area contributed by atoms with Crippen LogP contribution in [0.25, 0.3) is 0 Å². The summed E-state index contributed by atoms with van der Waals surface area (Å²) in [6.45, 7) is 3.30. The van der Waals surface area contributed by atoms with Gasteiger partial charge in [0.25, 0.3) is 10.0 Å². The van der Waals surface area contributed by atoms with Gasteiger partial charge < -0.3 is 10.2 Å². The molecule has 0 bridgehead atoms. The average Bonchev–Trinajstić information content (AvgIpc) is 3.04. The van der Waals surface area contributed by atoms with Gasteiger partial charge >= 0.3 is 0 Å². The third kappa shape index (κ3) is 4.41. The number of nitrogens with one attached hydrogen (secondary N) is 1. The van der Waals surface area contributed by atoms with Gasteiger partial charge in [0.1, 0.15) is 4.90 Å². The van der Waals surface area contributed by atoms with Crippen LogP contribution in [0.4, 0.5) is 0 Å². The number of hydrogen-bond acceptors (Lipinski definition) is 4. The maximum absolute atomic E-state index is 12.7. The Kier molecular flexibility index (Phi) is 5.90. The van der Waals surface area contributed by atoms with E-state index in [1.165, 1.54) is 5.56 Å². The number of carbonyl (C=O) groups is 1. The first-order chi connectivity index (χ1) is 14.4. The van der Waals surface area contributed by atoms with Crippen LogP contribution in [-0.4, -0.2) is 44.2 Å². The van der Waals surface area contributed by atoms with Gasteiger partial charge in [0, 0.05) is 30.6 Å². The molecule has 7 heteroatoms. The van der Waals surface area contributed by atoms with Crippen molar-refractivity contribution in [3.8, 4) is 0 Å². The number of rotatable bonds is 5. The van der Waals surface area contributed by atoms with Crippen molar-refractivity contribution in [1.29, 1.82) is 0 Å². The molecule has 1 fully saturated rings. The van der Waals surface area contributed by atoms with Crippen molar-refractivity contribution in [2.75, 3.05) is 13.1 Å². The maximum Gasteiger partial charge on any atom is 0.285 e. The largest absolute Gasteiger partial charge is 0.355 e. The molecule has 4 rings (SSSR count). The Morgan fingerprint density at radius 2 is 1.77 bits per heavy atom. The van der Waals surface area contributed by atoms with E-state index >= 15 is 0 Å². The van der Waals surface area contributed by atoms with Crippen LogP contribution in [0.1, 0.15) is 37.3 Å². The summed E-state index contributed by atoms with van der Waals surface area (Å²) < 4.78 is 28.6. The van der Waals surface area contributed by atoms with Gasteiger partial charge in [-0.15, -0.1) is 4.40 Å². The number of fused-ring (bicyclic) bond motifs is 1. The zero-order valence-electron chi connectivity index (χ0n) is 17.1. The van der Waals surface area contributed by atoms with Crippen LogP contribution >= 0.6 is 0 Å². The summed E-state index contributed by atoms with van der Waals surface area (Å²) in [7, 11) is -3.61. The lowest BCUT2D eigenvalue weighted by Gasteiger charge is -2.33. The van der Waals surface area contributed by atoms with E-state index in [1.54, 1.807) is 18.2 Å². The molecule has 1 atom stereocenters. The molecule has 2 aliphatic heterocycles. The van der Waals surface area contributed by atoms with Crippen molar-refractivity contribution in [2.45, 2.75) is 43.5 Å². The zero-order valence-corrected chi connectivity index (χ0v) is 17.9. The minimum absolute atomic E-state index is 0.0470. The van der Waals surface area contributed by atoms with Gasteiger partial charge in [-0.05, 0) is 50.3 Å². The number of benzene rings is 2. The van der Waals surface area contributed by atoms with Crippen LogP contribution in [-0.2, 0) is 21.2 Å². The zero-order chi connectivity index (χ0) is 21.1. The van der Waals surface area contributed by atoms with Gasteiger partial charge in [0.15, 0.2) is 5.84 Å². The summed E-state index contributed by atoms with van der Waals surface area (Å²) in [6, 6.07) is 17.3. The molecule has 1 saturated heterocycles. The lowest BCUT2D eigenvalue weighted by atomic mass is 9.94. The van der Waals surface area contributed by atoms with Crippen LogP contribution in [0.3, 0.4) is 0 Å². The third-order valence-corrected chi connectivity index (χ3v) is 7.20. The summed E-state index contributed by atoms with van der Waals surface area (Å²) in [5.74, 6) is 0.562. The molecule has 0 aromatic heterocycles. The Bertz CT molecular complexity index is 1040. The molecule has 1 amide bonds. The average molecular weight is 426 g/mol. The van der Waals surface area contributed by atoms with E-state index in [1.807, 2.05) is 36.1 Å².